The molecule has 11 heteroatoms. The number of allylic oxidation sites excluding steroid dienone is 7. The van der Waals surface area contributed by atoms with E-state index in [2.05, 4.69) is 129 Å². The van der Waals surface area contributed by atoms with Gasteiger partial charge in [-0.1, -0.05) is 80.6 Å². The Morgan fingerprint density at radius 2 is 1.19 bits per heavy atom. The van der Waals surface area contributed by atoms with Crippen LogP contribution in [0.1, 0.15) is 51.7 Å². The van der Waals surface area contributed by atoms with Gasteiger partial charge in [-0.15, -0.1) is 0 Å². The van der Waals surface area contributed by atoms with E-state index in [1.807, 2.05) is 36.4 Å². The molecule has 0 aromatic heterocycles. The van der Waals surface area contributed by atoms with Crippen molar-refractivity contribution in [3.05, 3.63) is 179 Å². The van der Waals surface area contributed by atoms with E-state index in [1.165, 1.54) is 35.4 Å². The number of hydrogen-bond donors (Lipinski definition) is 2. The van der Waals surface area contributed by atoms with Crippen LogP contribution in [-0.2, 0) is 31.1 Å². The molecule has 314 valence electrons. The highest BCUT2D eigenvalue weighted by molar-refractivity contribution is 7.86. The zero-order valence-corrected chi connectivity index (χ0v) is 37.1. The first kappa shape index (κ1) is 41.3. The van der Waals surface area contributed by atoms with Gasteiger partial charge in [0.2, 0.25) is 5.69 Å². The highest BCUT2D eigenvalue weighted by atomic mass is 32.2. The van der Waals surface area contributed by atoms with Crippen molar-refractivity contribution in [1.29, 1.82) is 0 Å². The molecule has 6 aromatic rings. The molecular weight excluding hydrogens is 815 g/mol. The lowest BCUT2D eigenvalue weighted by atomic mass is 9.79. The van der Waals surface area contributed by atoms with E-state index in [0.717, 1.165) is 85.4 Å². The van der Waals surface area contributed by atoms with Crippen molar-refractivity contribution in [2.45, 2.75) is 61.2 Å². The predicted molar refractivity (Wildman–Crippen MR) is 249 cm³/mol. The van der Waals surface area contributed by atoms with Crippen LogP contribution in [0.3, 0.4) is 0 Å². The second-order valence-electron chi connectivity index (χ2n) is 17.3. The topological polar surface area (TPSA) is 118 Å². The molecule has 9 rings (SSSR count). The summed E-state index contributed by atoms with van der Waals surface area (Å²) < 4.78 is 69.7. The number of nitrogens with zero attached hydrogens (tertiary/aromatic N) is 3. The number of hydrogen-bond acceptors (Lipinski definition) is 6. The smallest absolute Gasteiger partial charge is 0.294 e. The minimum Gasteiger partial charge on any atom is -0.347 e. The van der Waals surface area contributed by atoms with Crippen molar-refractivity contribution in [2.24, 2.45) is 0 Å². The van der Waals surface area contributed by atoms with Crippen LogP contribution in [0.4, 0.5) is 22.7 Å². The zero-order valence-electron chi connectivity index (χ0n) is 35.5. The van der Waals surface area contributed by atoms with Gasteiger partial charge in [0.15, 0.2) is 5.71 Å². The van der Waals surface area contributed by atoms with Gasteiger partial charge in [0.1, 0.15) is 7.05 Å². The van der Waals surface area contributed by atoms with Crippen molar-refractivity contribution in [2.75, 3.05) is 23.9 Å². The summed E-state index contributed by atoms with van der Waals surface area (Å²) in [6.07, 6.45) is 10.6. The molecule has 0 atom stereocenters. The van der Waals surface area contributed by atoms with Crippen molar-refractivity contribution in [3.8, 4) is 0 Å². The SMILES string of the molecule is CN1C(=CC=C2CCC(C=CC3=[N+](C)c4ccc5cc(S(=O)(=O)O)ccc5c4C3(C)C)=C2N(c2ccccc2)c2ccccc2)C(C)(C)c2c1ccc1cc(S(=O)(=O)O)ccc21. The van der Waals surface area contributed by atoms with E-state index in [4.69, 9.17) is 0 Å². The molecule has 2 N–H and O–H groups in total. The number of anilines is 3. The molecule has 2 aliphatic heterocycles. The normalized spacial score (nSPS) is 18.5. The largest absolute Gasteiger partial charge is 0.347 e. The van der Waals surface area contributed by atoms with Gasteiger partial charge in [0.05, 0.1) is 20.9 Å². The summed E-state index contributed by atoms with van der Waals surface area (Å²) in [5, 5.41) is 3.36. The Hall–Kier alpha value is -6.11. The summed E-state index contributed by atoms with van der Waals surface area (Å²) in [5.74, 6) is 0. The Morgan fingerprint density at radius 1 is 0.645 bits per heavy atom. The Balaban J connectivity index is 1.17. The summed E-state index contributed by atoms with van der Waals surface area (Å²) in [4.78, 5) is 4.31. The van der Waals surface area contributed by atoms with E-state index >= 15 is 0 Å². The Morgan fingerprint density at radius 3 is 1.76 bits per heavy atom. The molecule has 9 nitrogen and oxygen atoms in total. The molecule has 0 spiro atoms. The van der Waals surface area contributed by atoms with Crippen LogP contribution in [0.15, 0.2) is 178 Å². The first-order chi connectivity index (χ1) is 29.4. The van der Waals surface area contributed by atoms with Gasteiger partial charge < -0.3 is 9.80 Å². The van der Waals surface area contributed by atoms with E-state index in [0.29, 0.717) is 0 Å². The van der Waals surface area contributed by atoms with Gasteiger partial charge in [-0.2, -0.15) is 21.4 Å². The molecule has 2 heterocycles. The van der Waals surface area contributed by atoms with Crippen molar-refractivity contribution < 1.29 is 30.5 Å². The predicted octanol–water partition coefficient (Wildman–Crippen LogP) is 11.2. The zero-order chi connectivity index (χ0) is 43.9. The standard InChI is InChI=1S/C51H47N3O6S2/c1-50(2)45(52(5)43-27-19-35-31-39(61(55,56)57)23-25-41(35)47(43)50)29-21-33-17-18-34(49(33)54(37-13-9-7-10-14-37)38-15-11-8-12-16-38)22-30-46-51(3,4)48-42-26-24-40(62(58,59)60)32-36(42)20-28-44(48)53(46)6/h7-16,19-32H,17-18H2,1-6H3,(H-,55,56,57,58,59,60)/p+1. The van der Waals surface area contributed by atoms with Gasteiger partial charge in [-0.25, -0.2) is 0 Å². The third-order valence-electron chi connectivity index (χ3n) is 12.9. The number of likely N-dealkylation sites (N-methyl/N-ethyl adjacent to an activating group) is 1. The fraction of sp³-hybridized carbons (Fsp3) is 0.196. The summed E-state index contributed by atoms with van der Waals surface area (Å²) in [5.41, 5.74) is 11.1. The number of benzene rings is 6. The molecule has 62 heavy (non-hydrogen) atoms. The molecule has 0 amide bonds. The number of fused-ring (bicyclic) bond motifs is 6. The number of rotatable bonds is 8. The molecule has 0 unspecified atom stereocenters. The third kappa shape index (κ3) is 6.80. The summed E-state index contributed by atoms with van der Waals surface area (Å²) >= 11 is 0. The van der Waals surface area contributed by atoms with E-state index in [9.17, 15) is 25.9 Å². The maximum absolute atomic E-state index is 12.0. The molecule has 0 saturated carbocycles. The highest BCUT2D eigenvalue weighted by Crippen LogP contribution is 2.51. The van der Waals surface area contributed by atoms with Crippen LogP contribution in [0.5, 0.6) is 0 Å². The van der Waals surface area contributed by atoms with Crippen LogP contribution in [0.2, 0.25) is 0 Å². The van der Waals surface area contributed by atoms with Crippen LogP contribution in [0, 0.1) is 0 Å². The summed E-state index contributed by atoms with van der Waals surface area (Å²) in [6, 6.07) is 38.3. The Kier molecular flexibility index (Phi) is 9.83. The Labute approximate surface area is 363 Å². The average molecular weight is 863 g/mol. The molecule has 3 aliphatic rings. The first-order valence-electron chi connectivity index (χ1n) is 20.5. The van der Waals surface area contributed by atoms with Gasteiger partial charge >= 0.3 is 0 Å². The maximum Gasteiger partial charge on any atom is 0.294 e. The monoisotopic (exact) mass is 862 g/mol. The molecule has 0 fully saturated rings. The van der Waals surface area contributed by atoms with Crippen LogP contribution in [-0.4, -0.2) is 50.3 Å². The fourth-order valence-corrected chi connectivity index (χ4v) is 11.1. The molecular formula is C51H48N3O6S2+. The van der Waals surface area contributed by atoms with Crippen LogP contribution in [0.25, 0.3) is 21.5 Å². The fourth-order valence-electron chi connectivity index (χ4n) is 10.0. The Bertz CT molecular complexity index is 3220. The lowest BCUT2D eigenvalue weighted by Crippen LogP contribution is -2.27. The van der Waals surface area contributed by atoms with E-state index in [-0.39, 0.29) is 9.79 Å². The number of para-hydroxylation sites is 2. The maximum atomic E-state index is 12.0. The third-order valence-corrected chi connectivity index (χ3v) is 14.6. The molecule has 0 saturated heterocycles. The van der Waals surface area contributed by atoms with Gasteiger partial charge in [-0.05, 0) is 132 Å². The molecule has 6 aromatic carbocycles. The summed E-state index contributed by atoms with van der Waals surface area (Å²) in [6.45, 7) is 8.78. The minimum absolute atomic E-state index is 0.127. The van der Waals surface area contributed by atoms with Gasteiger partial charge in [-0.3, -0.25) is 9.11 Å². The van der Waals surface area contributed by atoms with Crippen molar-refractivity contribution >= 4 is 70.2 Å². The molecule has 0 radical (unpaired) electrons. The second kappa shape index (κ2) is 14.8. The van der Waals surface area contributed by atoms with Gasteiger partial charge in [0.25, 0.3) is 20.2 Å². The quantitative estimate of drug-likeness (QED) is 0.115. The summed E-state index contributed by atoms with van der Waals surface area (Å²) in [7, 11) is -4.55. The van der Waals surface area contributed by atoms with E-state index in [1.54, 1.807) is 12.1 Å². The highest BCUT2D eigenvalue weighted by Gasteiger charge is 2.45. The molecule has 0 bridgehead atoms. The lowest BCUT2D eigenvalue weighted by Gasteiger charge is -2.29. The van der Waals surface area contributed by atoms with Crippen molar-refractivity contribution in [1.82, 2.24) is 0 Å². The lowest BCUT2D eigenvalue weighted by molar-refractivity contribution is -0.401. The molecule has 1 aliphatic carbocycles. The van der Waals surface area contributed by atoms with E-state index < -0.39 is 31.1 Å². The van der Waals surface area contributed by atoms with Crippen LogP contribution >= 0.6 is 0 Å². The average Bonchev–Trinajstić information content (AvgIpc) is 3.79. The first-order valence-corrected chi connectivity index (χ1v) is 23.4. The van der Waals surface area contributed by atoms with Crippen molar-refractivity contribution in [3.63, 3.8) is 0 Å². The van der Waals surface area contributed by atoms with Gasteiger partial charge in [0, 0.05) is 52.9 Å². The minimum atomic E-state index is -4.35. The van der Waals surface area contributed by atoms with Crippen LogP contribution < -0.4 is 9.80 Å². The second-order valence-corrected chi connectivity index (χ2v) is 20.2.